The third-order valence-electron chi connectivity index (χ3n) is 4.35. The molecule has 1 saturated carbocycles. The summed E-state index contributed by atoms with van der Waals surface area (Å²) in [6.45, 7) is 4.53. The molecule has 0 amide bonds. The van der Waals surface area contributed by atoms with Crippen molar-refractivity contribution in [1.82, 2.24) is 0 Å². The summed E-state index contributed by atoms with van der Waals surface area (Å²) in [6, 6.07) is 5.77. The van der Waals surface area contributed by atoms with Gasteiger partial charge in [0.2, 0.25) is 0 Å². The Balaban J connectivity index is 2.40. The molecule has 3 nitrogen and oxygen atoms in total. The topological polar surface area (TPSA) is 35.5 Å². The third kappa shape index (κ3) is 3.46. The minimum absolute atomic E-state index is 0.0896. The maximum absolute atomic E-state index is 13.2. The monoisotopic (exact) mass is 290 g/mol. The summed E-state index contributed by atoms with van der Waals surface area (Å²) in [5.41, 5.74) is 1.07. The van der Waals surface area contributed by atoms with E-state index in [9.17, 15) is 4.79 Å². The van der Waals surface area contributed by atoms with E-state index in [0.29, 0.717) is 17.9 Å². The Hall–Kier alpha value is -1.35. The predicted octanol–water partition coefficient (Wildman–Crippen LogP) is 4.32. The molecule has 1 aromatic rings. The Labute approximate surface area is 127 Å². The zero-order valence-corrected chi connectivity index (χ0v) is 13.4. The number of hydrogen-bond donors (Lipinski definition) is 0. The van der Waals surface area contributed by atoms with Crippen molar-refractivity contribution < 1.29 is 14.3 Å². The lowest BCUT2D eigenvalue weighted by molar-refractivity contribution is -0.0294. The standard InChI is InChI=1S/C18H26O3/c1-4-21-18(11-7-5-6-8-12-18)17(19)15-13-14(2)9-10-16(15)20-3/h9-10,13H,4-8,11-12H2,1-3H3. The highest BCUT2D eigenvalue weighted by atomic mass is 16.5. The molecule has 0 unspecified atom stereocenters. The van der Waals surface area contributed by atoms with Gasteiger partial charge in [-0.05, 0) is 38.8 Å². The molecule has 0 N–H and O–H groups in total. The number of ether oxygens (including phenoxy) is 2. The molecule has 0 atom stereocenters. The van der Waals surface area contributed by atoms with E-state index in [0.717, 1.165) is 31.2 Å². The van der Waals surface area contributed by atoms with Crippen molar-refractivity contribution in [1.29, 1.82) is 0 Å². The number of Topliss-reactive ketones (excluding diaryl/α,β-unsaturated/α-hetero) is 1. The van der Waals surface area contributed by atoms with Gasteiger partial charge in [0.1, 0.15) is 11.4 Å². The number of hydrogen-bond acceptors (Lipinski definition) is 3. The molecule has 116 valence electrons. The Morgan fingerprint density at radius 2 is 1.86 bits per heavy atom. The molecule has 0 radical (unpaired) electrons. The van der Waals surface area contributed by atoms with Gasteiger partial charge >= 0.3 is 0 Å². The van der Waals surface area contributed by atoms with Crippen LogP contribution in [0.4, 0.5) is 0 Å². The maximum Gasteiger partial charge on any atom is 0.198 e. The summed E-state index contributed by atoms with van der Waals surface area (Å²) < 4.78 is 11.4. The van der Waals surface area contributed by atoms with E-state index in [4.69, 9.17) is 9.47 Å². The van der Waals surface area contributed by atoms with Gasteiger partial charge in [0.25, 0.3) is 0 Å². The fourth-order valence-corrected chi connectivity index (χ4v) is 3.26. The summed E-state index contributed by atoms with van der Waals surface area (Å²) in [5, 5.41) is 0. The fourth-order valence-electron chi connectivity index (χ4n) is 3.26. The van der Waals surface area contributed by atoms with Crippen LogP contribution in [0.25, 0.3) is 0 Å². The second kappa shape index (κ2) is 7.08. The van der Waals surface area contributed by atoms with Gasteiger partial charge in [-0.1, -0.05) is 37.3 Å². The molecule has 3 heteroatoms. The van der Waals surface area contributed by atoms with E-state index < -0.39 is 5.60 Å². The molecule has 0 aliphatic heterocycles. The zero-order valence-electron chi connectivity index (χ0n) is 13.4. The fraction of sp³-hybridized carbons (Fsp3) is 0.611. The second-order valence-corrected chi connectivity index (χ2v) is 5.87. The summed E-state index contributed by atoms with van der Waals surface area (Å²) in [4.78, 5) is 13.2. The van der Waals surface area contributed by atoms with E-state index in [1.807, 2.05) is 32.0 Å². The highest BCUT2D eigenvalue weighted by Crippen LogP contribution is 2.36. The Bertz CT molecular complexity index is 485. The van der Waals surface area contributed by atoms with Crippen molar-refractivity contribution in [3.8, 4) is 5.75 Å². The van der Waals surface area contributed by atoms with Crippen LogP contribution < -0.4 is 4.74 Å². The molecule has 2 rings (SSSR count). The van der Waals surface area contributed by atoms with E-state index in [2.05, 4.69) is 0 Å². The van der Waals surface area contributed by atoms with Crippen LogP contribution in [-0.2, 0) is 4.74 Å². The molecule has 0 spiro atoms. The van der Waals surface area contributed by atoms with Crippen molar-refractivity contribution in [2.24, 2.45) is 0 Å². The first kappa shape index (κ1) is 16.0. The van der Waals surface area contributed by atoms with Gasteiger partial charge in [-0.3, -0.25) is 4.79 Å². The highest BCUT2D eigenvalue weighted by molar-refractivity contribution is 6.04. The average Bonchev–Trinajstić information content (AvgIpc) is 2.73. The van der Waals surface area contributed by atoms with Crippen LogP contribution in [0.2, 0.25) is 0 Å². The number of ketones is 1. The number of carbonyl (C=O) groups is 1. The summed E-state index contributed by atoms with van der Waals surface area (Å²) in [5.74, 6) is 0.737. The molecule has 1 fully saturated rings. The van der Waals surface area contributed by atoms with Gasteiger partial charge in [0.15, 0.2) is 5.78 Å². The van der Waals surface area contributed by atoms with E-state index in [1.165, 1.54) is 12.8 Å². The van der Waals surface area contributed by atoms with Crippen LogP contribution >= 0.6 is 0 Å². The Morgan fingerprint density at radius 1 is 1.19 bits per heavy atom. The van der Waals surface area contributed by atoms with Crippen LogP contribution in [0.3, 0.4) is 0 Å². The molecule has 0 heterocycles. The maximum atomic E-state index is 13.2. The smallest absolute Gasteiger partial charge is 0.198 e. The highest BCUT2D eigenvalue weighted by Gasteiger charge is 2.40. The number of carbonyl (C=O) groups excluding carboxylic acids is 1. The van der Waals surface area contributed by atoms with Gasteiger partial charge in [-0.15, -0.1) is 0 Å². The van der Waals surface area contributed by atoms with Crippen molar-refractivity contribution in [3.05, 3.63) is 29.3 Å². The Kier molecular flexibility index (Phi) is 5.40. The number of methoxy groups -OCH3 is 1. The van der Waals surface area contributed by atoms with Crippen molar-refractivity contribution in [2.45, 2.75) is 58.0 Å². The van der Waals surface area contributed by atoms with Gasteiger partial charge in [-0.2, -0.15) is 0 Å². The SMILES string of the molecule is CCOC1(C(=O)c2cc(C)ccc2OC)CCCCCC1. The molecular weight excluding hydrogens is 264 g/mol. The van der Waals surface area contributed by atoms with Crippen molar-refractivity contribution >= 4 is 5.78 Å². The van der Waals surface area contributed by atoms with Crippen LogP contribution in [0.5, 0.6) is 5.75 Å². The minimum atomic E-state index is -0.660. The van der Waals surface area contributed by atoms with Crippen LogP contribution in [0.15, 0.2) is 18.2 Å². The normalized spacial score (nSPS) is 18.0. The molecule has 1 aliphatic rings. The van der Waals surface area contributed by atoms with Gasteiger partial charge in [-0.25, -0.2) is 0 Å². The summed E-state index contributed by atoms with van der Waals surface area (Å²) in [6.07, 6.45) is 6.12. The number of aryl methyl sites for hydroxylation is 1. The van der Waals surface area contributed by atoms with Crippen molar-refractivity contribution in [3.63, 3.8) is 0 Å². The van der Waals surface area contributed by atoms with E-state index in [-0.39, 0.29) is 5.78 Å². The minimum Gasteiger partial charge on any atom is -0.496 e. The van der Waals surface area contributed by atoms with Gasteiger partial charge < -0.3 is 9.47 Å². The van der Waals surface area contributed by atoms with E-state index >= 15 is 0 Å². The molecular formula is C18H26O3. The van der Waals surface area contributed by atoms with Crippen LogP contribution in [0, 0.1) is 6.92 Å². The van der Waals surface area contributed by atoms with E-state index in [1.54, 1.807) is 7.11 Å². The third-order valence-corrected chi connectivity index (χ3v) is 4.35. The molecule has 0 aromatic heterocycles. The molecule has 0 saturated heterocycles. The van der Waals surface area contributed by atoms with Crippen LogP contribution in [-0.4, -0.2) is 25.1 Å². The molecule has 0 bridgehead atoms. The number of rotatable bonds is 5. The first-order valence-electron chi connectivity index (χ1n) is 7.96. The summed E-state index contributed by atoms with van der Waals surface area (Å²) in [7, 11) is 1.61. The van der Waals surface area contributed by atoms with Gasteiger partial charge in [0, 0.05) is 6.61 Å². The molecule has 1 aliphatic carbocycles. The van der Waals surface area contributed by atoms with Crippen molar-refractivity contribution in [2.75, 3.05) is 13.7 Å². The predicted molar refractivity (Wildman–Crippen MR) is 84.1 cm³/mol. The number of benzene rings is 1. The lowest BCUT2D eigenvalue weighted by atomic mass is 9.85. The van der Waals surface area contributed by atoms with Gasteiger partial charge in [0.05, 0.1) is 12.7 Å². The largest absolute Gasteiger partial charge is 0.496 e. The average molecular weight is 290 g/mol. The van der Waals surface area contributed by atoms with Crippen LogP contribution in [0.1, 0.15) is 61.4 Å². The molecule has 21 heavy (non-hydrogen) atoms. The lowest BCUT2D eigenvalue weighted by Crippen LogP contribution is -2.41. The molecule has 1 aromatic carbocycles. The first-order chi connectivity index (χ1) is 10.1. The zero-order chi connectivity index (χ0) is 15.3. The first-order valence-corrected chi connectivity index (χ1v) is 7.96. The lowest BCUT2D eigenvalue weighted by Gasteiger charge is -2.31. The Morgan fingerprint density at radius 3 is 2.43 bits per heavy atom. The second-order valence-electron chi connectivity index (χ2n) is 5.87. The summed E-state index contributed by atoms with van der Waals surface area (Å²) >= 11 is 0. The quantitative estimate of drug-likeness (QED) is 0.598.